The molecule has 3 rings (SSSR count). The number of benzene rings is 1. The van der Waals surface area contributed by atoms with E-state index >= 15 is 0 Å². The highest BCUT2D eigenvalue weighted by atomic mass is 16.2. The van der Waals surface area contributed by atoms with Gasteiger partial charge >= 0.3 is 0 Å². The maximum absolute atomic E-state index is 12.7. The van der Waals surface area contributed by atoms with Crippen molar-refractivity contribution in [3.05, 3.63) is 35.9 Å². The molecule has 0 N–H and O–H groups in total. The van der Waals surface area contributed by atoms with Crippen LogP contribution >= 0.6 is 0 Å². The highest BCUT2D eigenvalue weighted by molar-refractivity contribution is 5.79. The number of likely N-dealkylation sites (N-methyl/N-ethyl adjacent to an activating group) is 1. The summed E-state index contributed by atoms with van der Waals surface area (Å²) in [6.07, 6.45) is 2.19. The number of carbonyl (C=O) groups excluding carboxylic acids is 1. The van der Waals surface area contributed by atoms with Crippen LogP contribution in [0.25, 0.3) is 0 Å². The minimum absolute atomic E-state index is 0.195. The second-order valence-electron chi connectivity index (χ2n) is 6.69. The summed E-state index contributed by atoms with van der Waals surface area (Å²) in [5.41, 5.74) is 1.34. The Morgan fingerprint density at radius 1 is 1.09 bits per heavy atom. The molecule has 2 aliphatic heterocycles. The van der Waals surface area contributed by atoms with Gasteiger partial charge in [0.25, 0.3) is 0 Å². The van der Waals surface area contributed by atoms with Crippen LogP contribution in [0.3, 0.4) is 0 Å². The molecule has 2 aliphatic rings. The third-order valence-electron chi connectivity index (χ3n) is 4.92. The number of piperidine rings is 1. The van der Waals surface area contributed by atoms with Crippen LogP contribution in [0.2, 0.25) is 0 Å². The van der Waals surface area contributed by atoms with E-state index in [1.54, 1.807) is 0 Å². The van der Waals surface area contributed by atoms with E-state index in [0.29, 0.717) is 5.91 Å². The number of carbonyl (C=O) groups is 1. The smallest absolute Gasteiger partial charge is 0.227 e. The van der Waals surface area contributed by atoms with Crippen LogP contribution in [0.15, 0.2) is 30.3 Å². The minimum Gasteiger partial charge on any atom is -0.340 e. The Labute approximate surface area is 133 Å². The lowest BCUT2D eigenvalue weighted by molar-refractivity contribution is -0.139. The van der Waals surface area contributed by atoms with Gasteiger partial charge in [0.15, 0.2) is 0 Å². The van der Waals surface area contributed by atoms with Crippen LogP contribution in [0.4, 0.5) is 0 Å². The molecule has 4 heteroatoms. The zero-order chi connectivity index (χ0) is 15.4. The summed E-state index contributed by atoms with van der Waals surface area (Å²) in [4.78, 5) is 19.6. The van der Waals surface area contributed by atoms with E-state index in [1.165, 1.54) is 5.56 Å². The van der Waals surface area contributed by atoms with Gasteiger partial charge in [-0.25, -0.2) is 0 Å². The minimum atomic E-state index is 0.195. The topological polar surface area (TPSA) is 26.8 Å². The first-order valence-corrected chi connectivity index (χ1v) is 8.46. The fourth-order valence-electron chi connectivity index (χ4n) is 3.53. The lowest BCUT2D eigenvalue weighted by Crippen LogP contribution is -2.51. The summed E-state index contributed by atoms with van der Waals surface area (Å²) in [6, 6.07) is 10.6. The van der Waals surface area contributed by atoms with Gasteiger partial charge in [0.05, 0.1) is 5.92 Å². The molecule has 0 aliphatic carbocycles. The number of likely N-dealkylation sites (tertiary alicyclic amines) is 1. The number of nitrogens with zero attached hydrogens (tertiary/aromatic N) is 3. The van der Waals surface area contributed by atoms with Crippen LogP contribution in [0.1, 0.15) is 18.4 Å². The molecule has 120 valence electrons. The molecular weight excluding hydrogens is 274 g/mol. The molecule has 4 nitrogen and oxygen atoms in total. The van der Waals surface area contributed by atoms with Crippen molar-refractivity contribution < 1.29 is 4.79 Å². The molecule has 2 saturated heterocycles. The van der Waals surface area contributed by atoms with Gasteiger partial charge < -0.3 is 9.80 Å². The number of amides is 1. The Kier molecular flexibility index (Phi) is 5.11. The molecule has 0 unspecified atom stereocenters. The van der Waals surface area contributed by atoms with Gasteiger partial charge in [0.1, 0.15) is 0 Å². The zero-order valence-corrected chi connectivity index (χ0v) is 13.6. The molecule has 0 bridgehead atoms. The maximum Gasteiger partial charge on any atom is 0.227 e. The predicted octanol–water partition coefficient (Wildman–Crippen LogP) is 1.67. The Balaban J connectivity index is 1.55. The van der Waals surface area contributed by atoms with Crippen LogP contribution in [0.5, 0.6) is 0 Å². The van der Waals surface area contributed by atoms with Crippen molar-refractivity contribution in [2.24, 2.45) is 5.92 Å². The molecule has 2 heterocycles. The first-order chi connectivity index (χ1) is 10.7. The maximum atomic E-state index is 12.7. The second-order valence-corrected chi connectivity index (χ2v) is 6.69. The first-order valence-electron chi connectivity index (χ1n) is 8.46. The van der Waals surface area contributed by atoms with Gasteiger partial charge in [-0.2, -0.15) is 0 Å². The van der Waals surface area contributed by atoms with Crippen LogP contribution in [0, 0.1) is 5.92 Å². The fraction of sp³-hybridized carbons (Fsp3) is 0.611. The molecule has 0 aromatic heterocycles. The van der Waals surface area contributed by atoms with Gasteiger partial charge in [-0.05, 0) is 32.0 Å². The SMILES string of the molecule is CN1CCN(C(=O)[C@@H]2CCCN(Cc3ccccc3)C2)CC1. The van der Waals surface area contributed by atoms with Crippen molar-refractivity contribution in [1.82, 2.24) is 14.7 Å². The number of piperazine rings is 1. The molecule has 22 heavy (non-hydrogen) atoms. The number of rotatable bonds is 3. The summed E-state index contributed by atoms with van der Waals surface area (Å²) in [5, 5.41) is 0. The third-order valence-corrected chi connectivity index (χ3v) is 4.92. The average molecular weight is 301 g/mol. The Hall–Kier alpha value is -1.39. The van der Waals surface area contributed by atoms with Crippen molar-refractivity contribution in [2.45, 2.75) is 19.4 Å². The summed E-state index contributed by atoms with van der Waals surface area (Å²) >= 11 is 0. The molecule has 0 radical (unpaired) electrons. The van der Waals surface area contributed by atoms with E-state index in [1.807, 2.05) is 0 Å². The zero-order valence-electron chi connectivity index (χ0n) is 13.6. The largest absolute Gasteiger partial charge is 0.340 e. The molecular formula is C18H27N3O. The number of hydrogen-bond donors (Lipinski definition) is 0. The van der Waals surface area contributed by atoms with Gasteiger partial charge in [-0.15, -0.1) is 0 Å². The molecule has 1 aromatic carbocycles. The summed E-state index contributed by atoms with van der Waals surface area (Å²) in [5.74, 6) is 0.576. The first kappa shape index (κ1) is 15.5. The van der Waals surface area contributed by atoms with Crippen LogP contribution in [-0.2, 0) is 11.3 Å². The van der Waals surface area contributed by atoms with Crippen LogP contribution in [-0.4, -0.2) is 66.9 Å². The van der Waals surface area contributed by atoms with Crippen molar-refractivity contribution in [1.29, 1.82) is 0 Å². The lowest BCUT2D eigenvalue weighted by atomic mass is 9.95. The quantitative estimate of drug-likeness (QED) is 0.850. The van der Waals surface area contributed by atoms with Gasteiger partial charge in [0, 0.05) is 39.3 Å². The van der Waals surface area contributed by atoms with Crippen molar-refractivity contribution in [2.75, 3.05) is 46.3 Å². The molecule has 2 fully saturated rings. The van der Waals surface area contributed by atoms with Gasteiger partial charge in [-0.1, -0.05) is 30.3 Å². The third kappa shape index (κ3) is 3.87. The fourth-order valence-corrected chi connectivity index (χ4v) is 3.53. The van der Waals surface area contributed by atoms with E-state index in [4.69, 9.17) is 0 Å². The van der Waals surface area contributed by atoms with E-state index in [2.05, 4.69) is 52.1 Å². The molecule has 1 atom stereocenters. The lowest BCUT2D eigenvalue weighted by Gasteiger charge is -2.38. The standard InChI is InChI=1S/C18H27N3O/c1-19-10-12-21(13-11-19)18(22)17-8-5-9-20(15-17)14-16-6-3-2-4-7-16/h2-4,6-7,17H,5,8-15H2,1H3/t17-/m1/s1. The Bertz CT molecular complexity index is 482. The van der Waals surface area contributed by atoms with Crippen molar-refractivity contribution in [3.63, 3.8) is 0 Å². The summed E-state index contributed by atoms with van der Waals surface area (Å²) < 4.78 is 0. The van der Waals surface area contributed by atoms with E-state index in [0.717, 1.165) is 58.7 Å². The van der Waals surface area contributed by atoms with Gasteiger partial charge in [-0.3, -0.25) is 9.69 Å². The highest BCUT2D eigenvalue weighted by Gasteiger charge is 2.30. The van der Waals surface area contributed by atoms with Gasteiger partial charge in [0.2, 0.25) is 5.91 Å². The highest BCUT2D eigenvalue weighted by Crippen LogP contribution is 2.21. The predicted molar refractivity (Wildman–Crippen MR) is 88.5 cm³/mol. The van der Waals surface area contributed by atoms with E-state index < -0.39 is 0 Å². The summed E-state index contributed by atoms with van der Waals surface area (Å²) in [7, 11) is 2.13. The monoisotopic (exact) mass is 301 g/mol. The van der Waals surface area contributed by atoms with Crippen molar-refractivity contribution in [3.8, 4) is 0 Å². The Morgan fingerprint density at radius 3 is 2.55 bits per heavy atom. The number of hydrogen-bond acceptors (Lipinski definition) is 3. The normalized spacial score (nSPS) is 24.4. The molecule has 1 amide bonds. The Morgan fingerprint density at radius 2 is 1.82 bits per heavy atom. The van der Waals surface area contributed by atoms with E-state index in [-0.39, 0.29) is 5.92 Å². The average Bonchev–Trinajstić information content (AvgIpc) is 2.56. The molecule has 0 spiro atoms. The second kappa shape index (κ2) is 7.25. The van der Waals surface area contributed by atoms with Crippen molar-refractivity contribution >= 4 is 5.91 Å². The molecule has 1 aromatic rings. The molecule has 0 saturated carbocycles. The van der Waals surface area contributed by atoms with E-state index in [9.17, 15) is 4.79 Å². The summed E-state index contributed by atoms with van der Waals surface area (Å²) in [6.45, 7) is 6.79. The van der Waals surface area contributed by atoms with Crippen LogP contribution < -0.4 is 0 Å².